The van der Waals surface area contributed by atoms with Crippen LogP contribution in [0.2, 0.25) is 0 Å². The third kappa shape index (κ3) is 9.85. The third-order valence-corrected chi connectivity index (χ3v) is 2.46. The number of ether oxygens (including phenoxy) is 1. The number of carbonyl (C=O) groups excluding carboxylic acids is 2. The Labute approximate surface area is 104 Å². The fraction of sp³-hybridized carbons (Fsp3) is 0.846. The van der Waals surface area contributed by atoms with E-state index < -0.39 is 5.60 Å². The van der Waals surface area contributed by atoms with E-state index in [0.29, 0.717) is 18.9 Å². The van der Waals surface area contributed by atoms with Crippen LogP contribution in [0.1, 0.15) is 53.4 Å². The fourth-order valence-electron chi connectivity index (χ4n) is 1.52. The van der Waals surface area contributed by atoms with Crippen molar-refractivity contribution in [1.29, 1.82) is 0 Å². The Bertz CT molecular complexity index is 233. The number of hydrogen-bond donors (Lipinski definition) is 1. The minimum atomic E-state index is -0.451. The number of rotatable bonds is 7. The lowest BCUT2D eigenvalue weighted by Crippen LogP contribution is -2.33. The lowest BCUT2D eigenvalue weighted by molar-refractivity contribution is -0.108. The smallest absolute Gasteiger partial charge is 0.407 e. The Balaban J connectivity index is 3.63. The van der Waals surface area contributed by atoms with Gasteiger partial charge in [-0.25, -0.2) is 4.79 Å². The molecule has 0 radical (unpaired) electrons. The van der Waals surface area contributed by atoms with Gasteiger partial charge in [0, 0.05) is 13.0 Å². The second kappa shape index (κ2) is 8.09. The van der Waals surface area contributed by atoms with E-state index >= 15 is 0 Å². The van der Waals surface area contributed by atoms with E-state index in [0.717, 1.165) is 25.5 Å². The van der Waals surface area contributed by atoms with E-state index in [4.69, 9.17) is 4.74 Å². The number of amides is 1. The van der Waals surface area contributed by atoms with E-state index in [1.54, 1.807) is 0 Å². The van der Waals surface area contributed by atoms with Gasteiger partial charge in [-0.3, -0.25) is 0 Å². The Kier molecular flexibility index (Phi) is 7.59. The molecule has 0 bridgehead atoms. The van der Waals surface area contributed by atoms with E-state index in [1.807, 2.05) is 20.8 Å². The Morgan fingerprint density at radius 1 is 1.41 bits per heavy atom. The van der Waals surface area contributed by atoms with Crippen molar-refractivity contribution in [2.75, 3.05) is 6.54 Å². The van der Waals surface area contributed by atoms with Crippen LogP contribution in [0.15, 0.2) is 0 Å². The van der Waals surface area contributed by atoms with Crippen LogP contribution in [-0.4, -0.2) is 24.5 Å². The predicted octanol–water partition coefficient (Wildman–Crippen LogP) is 2.91. The highest BCUT2D eigenvalue weighted by Crippen LogP contribution is 2.13. The molecular formula is C13H25NO3. The van der Waals surface area contributed by atoms with Crippen LogP contribution in [0, 0.1) is 5.92 Å². The molecule has 0 aliphatic carbocycles. The van der Waals surface area contributed by atoms with Crippen molar-refractivity contribution in [3.63, 3.8) is 0 Å². The number of aldehydes is 1. The van der Waals surface area contributed by atoms with E-state index in [2.05, 4.69) is 12.2 Å². The van der Waals surface area contributed by atoms with Crippen molar-refractivity contribution in [3.8, 4) is 0 Å². The number of nitrogens with one attached hydrogen (secondary N) is 1. The van der Waals surface area contributed by atoms with E-state index in [-0.39, 0.29) is 6.09 Å². The SMILES string of the molecule is CCC(CC=O)CCCNC(=O)OC(C)(C)C. The number of carbonyl (C=O) groups is 2. The molecule has 4 heteroatoms. The van der Waals surface area contributed by atoms with Crippen molar-refractivity contribution in [2.45, 2.75) is 59.0 Å². The van der Waals surface area contributed by atoms with Crippen LogP contribution in [0.5, 0.6) is 0 Å². The zero-order valence-corrected chi connectivity index (χ0v) is 11.4. The van der Waals surface area contributed by atoms with Crippen molar-refractivity contribution in [1.82, 2.24) is 5.32 Å². The molecule has 0 saturated heterocycles. The number of hydrogen-bond acceptors (Lipinski definition) is 3. The first kappa shape index (κ1) is 15.9. The maximum absolute atomic E-state index is 11.3. The van der Waals surface area contributed by atoms with Gasteiger partial charge in [0.2, 0.25) is 0 Å². The molecule has 0 fully saturated rings. The summed E-state index contributed by atoms with van der Waals surface area (Å²) in [5.74, 6) is 0.438. The van der Waals surface area contributed by atoms with E-state index in [1.165, 1.54) is 0 Å². The molecule has 1 atom stereocenters. The van der Waals surface area contributed by atoms with Gasteiger partial charge in [-0.15, -0.1) is 0 Å². The third-order valence-electron chi connectivity index (χ3n) is 2.46. The van der Waals surface area contributed by atoms with Gasteiger partial charge >= 0.3 is 6.09 Å². The molecule has 0 aliphatic rings. The summed E-state index contributed by atoms with van der Waals surface area (Å²) in [6.07, 6.45) is 4.06. The van der Waals surface area contributed by atoms with Crippen LogP contribution < -0.4 is 5.32 Å². The summed E-state index contributed by atoms with van der Waals surface area (Å²) in [4.78, 5) is 21.7. The van der Waals surface area contributed by atoms with Gasteiger partial charge < -0.3 is 14.8 Å². The van der Waals surface area contributed by atoms with Crippen molar-refractivity contribution in [2.24, 2.45) is 5.92 Å². The lowest BCUT2D eigenvalue weighted by atomic mass is 9.97. The molecule has 17 heavy (non-hydrogen) atoms. The Hall–Kier alpha value is -1.06. The molecule has 0 aromatic carbocycles. The van der Waals surface area contributed by atoms with E-state index in [9.17, 15) is 9.59 Å². The maximum atomic E-state index is 11.3. The molecule has 1 N–H and O–H groups in total. The lowest BCUT2D eigenvalue weighted by Gasteiger charge is -2.19. The van der Waals surface area contributed by atoms with Crippen LogP contribution in [0.25, 0.3) is 0 Å². The van der Waals surface area contributed by atoms with Gasteiger partial charge in [-0.05, 0) is 39.5 Å². The molecular weight excluding hydrogens is 218 g/mol. The topological polar surface area (TPSA) is 55.4 Å². The minimum Gasteiger partial charge on any atom is -0.444 e. The quantitative estimate of drug-likeness (QED) is 0.552. The molecule has 0 rings (SSSR count). The second-order valence-electron chi connectivity index (χ2n) is 5.25. The van der Waals surface area contributed by atoms with Crippen LogP contribution in [0.3, 0.4) is 0 Å². The van der Waals surface area contributed by atoms with Crippen molar-refractivity contribution < 1.29 is 14.3 Å². The summed E-state index contributed by atoms with van der Waals surface area (Å²) in [5, 5.41) is 2.71. The summed E-state index contributed by atoms with van der Waals surface area (Å²) >= 11 is 0. The van der Waals surface area contributed by atoms with Gasteiger partial charge in [0.15, 0.2) is 0 Å². The minimum absolute atomic E-state index is 0.374. The summed E-state index contributed by atoms with van der Waals surface area (Å²) in [6, 6.07) is 0. The zero-order chi connectivity index (χ0) is 13.3. The van der Waals surface area contributed by atoms with Gasteiger partial charge in [-0.1, -0.05) is 13.3 Å². The van der Waals surface area contributed by atoms with Crippen LogP contribution in [-0.2, 0) is 9.53 Å². The standard InChI is InChI=1S/C13H25NO3/c1-5-11(8-10-15)7-6-9-14-12(16)17-13(2,3)4/h10-11H,5-9H2,1-4H3,(H,14,16). The average molecular weight is 243 g/mol. The van der Waals surface area contributed by atoms with Gasteiger partial charge in [0.05, 0.1) is 0 Å². The molecule has 0 spiro atoms. The van der Waals surface area contributed by atoms with Gasteiger partial charge in [-0.2, -0.15) is 0 Å². The summed E-state index contributed by atoms with van der Waals surface area (Å²) < 4.78 is 5.11. The molecule has 1 amide bonds. The fourth-order valence-corrected chi connectivity index (χ4v) is 1.52. The molecule has 0 aliphatic heterocycles. The zero-order valence-electron chi connectivity index (χ0n) is 11.4. The molecule has 100 valence electrons. The predicted molar refractivity (Wildman–Crippen MR) is 67.9 cm³/mol. The Morgan fingerprint density at radius 2 is 2.06 bits per heavy atom. The molecule has 1 unspecified atom stereocenters. The maximum Gasteiger partial charge on any atom is 0.407 e. The summed E-state index contributed by atoms with van der Waals surface area (Å²) in [6.45, 7) is 8.19. The largest absolute Gasteiger partial charge is 0.444 e. The molecule has 0 aromatic rings. The molecule has 0 aromatic heterocycles. The first-order chi connectivity index (χ1) is 7.89. The monoisotopic (exact) mass is 243 g/mol. The van der Waals surface area contributed by atoms with Gasteiger partial charge in [0.25, 0.3) is 0 Å². The van der Waals surface area contributed by atoms with Gasteiger partial charge in [0.1, 0.15) is 11.9 Å². The average Bonchev–Trinajstić information content (AvgIpc) is 2.20. The van der Waals surface area contributed by atoms with Crippen LogP contribution >= 0.6 is 0 Å². The normalized spacial score (nSPS) is 12.9. The molecule has 0 saturated carbocycles. The summed E-state index contributed by atoms with van der Waals surface area (Å²) in [7, 11) is 0. The van der Waals surface area contributed by atoms with Crippen molar-refractivity contribution in [3.05, 3.63) is 0 Å². The Morgan fingerprint density at radius 3 is 2.53 bits per heavy atom. The first-order valence-electron chi connectivity index (χ1n) is 6.29. The highest BCUT2D eigenvalue weighted by Gasteiger charge is 2.15. The number of alkyl carbamates (subject to hydrolysis) is 1. The second-order valence-corrected chi connectivity index (χ2v) is 5.25. The first-order valence-corrected chi connectivity index (χ1v) is 6.29. The molecule has 4 nitrogen and oxygen atoms in total. The molecule has 0 heterocycles. The van der Waals surface area contributed by atoms with Crippen molar-refractivity contribution >= 4 is 12.4 Å². The highest BCUT2D eigenvalue weighted by atomic mass is 16.6. The highest BCUT2D eigenvalue weighted by molar-refractivity contribution is 5.67. The summed E-state index contributed by atoms with van der Waals surface area (Å²) in [5.41, 5.74) is -0.451. The van der Waals surface area contributed by atoms with Crippen LogP contribution in [0.4, 0.5) is 4.79 Å².